The number of rotatable bonds is 6. The third-order valence-electron chi connectivity index (χ3n) is 2.51. The third-order valence-corrected chi connectivity index (χ3v) is 2.72. The zero-order chi connectivity index (χ0) is 13.5. The average molecular weight is 265 g/mol. The minimum atomic E-state index is -0.0416. The highest BCUT2D eigenvalue weighted by atomic mass is 32.1. The number of carbonyl (C=O) groups is 1. The molecule has 1 aromatic heterocycles. The van der Waals surface area contributed by atoms with Crippen molar-refractivity contribution in [1.82, 2.24) is 9.88 Å². The van der Waals surface area contributed by atoms with E-state index in [1.807, 2.05) is 32.0 Å². The minimum Gasteiger partial charge on any atom is -0.393 e. The molecule has 0 aliphatic heterocycles. The molecule has 2 N–H and O–H groups in total. The third kappa shape index (κ3) is 4.79. The maximum atomic E-state index is 12.1. The summed E-state index contributed by atoms with van der Waals surface area (Å²) in [5.74, 6) is 0.0527. The van der Waals surface area contributed by atoms with Crippen LogP contribution in [0.15, 0.2) is 24.4 Å². The molecule has 0 aliphatic rings. The van der Waals surface area contributed by atoms with Gasteiger partial charge in [-0.3, -0.25) is 9.78 Å². The lowest BCUT2D eigenvalue weighted by Crippen LogP contribution is -2.36. The predicted molar refractivity (Wildman–Crippen MR) is 75.9 cm³/mol. The number of hydrogen-bond acceptors (Lipinski definition) is 3. The topological polar surface area (TPSA) is 59.2 Å². The zero-order valence-electron chi connectivity index (χ0n) is 10.8. The summed E-state index contributed by atoms with van der Waals surface area (Å²) >= 11 is 4.85. The van der Waals surface area contributed by atoms with Crippen LogP contribution in [0.3, 0.4) is 0 Å². The number of nitrogens with zero attached hydrogens (tertiary/aromatic N) is 2. The normalized spacial score (nSPS) is 10.4. The van der Waals surface area contributed by atoms with Crippen molar-refractivity contribution in [2.24, 2.45) is 11.7 Å². The number of nitrogens with two attached hydrogens (primary N) is 1. The van der Waals surface area contributed by atoms with Gasteiger partial charge in [-0.2, -0.15) is 0 Å². The smallest absolute Gasteiger partial charge is 0.225 e. The van der Waals surface area contributed by atoms with Gasteiger partial charge >= 0.3 is 0 Å². The molecule has 1 heterocycles. The summed E-state index contributed by atoms with van der Waals surface area (Å²) < 4.78 is 0. The number of thiocarbonyl (C=S) groups is 1. The number of pyridine rings is 1. The molecule has 0 atom stereocenters. The van der Waals surface area contributed by atoms with Crippen molar-refractivity contribution in [3.8, 4) is 0 Å². The second kappa shape index (κ2) is 7.06. The van der Waals surface area contributed by atoms with E-state index < -0.39 is 0 Å². The molecule has 0 fully saturated rings. The van der Waals surface area contributed by atoms with Crippen LogP contribution in [-0.2, 0) is 11.3 Å². The number of carbonyl (C=O) groups excluding carboxylic acids is 1. The van der Waals surface area contributed by atoms with E-state index in [1.165, 1.54) is 0 Å². The van der Waals surface area contributed by atoms with E-state index in [0.29, 0.717) is 24.5 Å². The molecule has 0 radical (unpaired) electrons. The maximum absolute atomic E-state index is 12.1. The van der Waals surface area contributed by atoms with Crippen LogP contribution in [0.2, 0.25) is 0 Å². The largest absolute Gasteiger partial charge is 0.393 e. The van der Waals surface area contributed by atoms with E-state index in [2.05, 4.69) is 4.98 Å². The zero-order valence-corrected chi connectivity index (χ0v) is 11.6. The Balaban J connectivity index is 2.71. The van der Waals surface area contributed by atoms with Gasteiger partial charge in [-0.05, 0) is 12.1 Å². The molecule has 0 aliphatic carbocycles. The lowest BCUT2D eigenvalue weighted by Gasteiger charge is -2.24. The Morgan fingerprint density at radius 1 is 1.50 bits per heavy atom. The Morgan fingerprint density at radius 2 is 2.22 bits per heavy atom. The summed E-state index contributed by atoms with van der Waals surface area (Å²) in [6, 6.07) is 5.67. The van der Waals surface area contributed by atoms with Crippen LogP contribution < -0.4 is 5.73 Å². The average Bonchev–Trinajstić information content (AvgIpc) is 2.34. The van der Waals surface area contributed by atoms with Crippen molar-refractivity contribution in [3.63, 3.8) is 0 Å². The maximum Gasteiger partial charge on any atom is 0.225 e. The van der Waals surface area contributed by atoms with Crippen LogP contribution in [0.25, 0.3) is 0 Å². The summed E-state index contributed by atoms with van der Waals surface area (Å²) in [5, 5.41) is 0. The van der Waals surface area contributed by atoms with Gasteiger partial charge in [-0.1, -0.05) is 32.1 Å². The Morgan fingerprint density at radius 3 is 2.72 bits per heavy atom. The molecule has 0 unspecified atom stereocenters. The van der Waals surface area contributed by atoms with E-state index in [9.17, 15) is 4.79 Å². The molecule has 0 spiro atoms. The first-order valence-electron chi connectivity index (χ1n) is 5.97. The van der Waals surface area contributed by atoms with Gasteiger partial charge < -0.3 is 10.6 Å². The highest BCUT2D eigenvalue weighted by Gasteiger charge is 2.17. The van der Waals surface area contributed by atoms with Crippen LogP contribution in [0.1, 0.15) is 26.0 Å². The van der Waals surface area contributed by atoms with Crippen molar-refractivity contribution in [2.45, 2.75) is 26.8 Å². The highest BCUT2D eigenvalue weighted by Crippen LogP contribution is 2.08. The van der Waals surface area contributed by atoms with Crippen molar-refractivity contribution >= 4 is 23.1 Å². The van der Waals surface area contributed by atoms with E-state index in [0.717, 1.165) is 5.69 Å². The second-order valence-electron chi connectivity index (χ2n) is 4.45. The lowest BCUT2D eigenvalue weighted by atomic mass is 10.1. The lowest BCUT2D eigenvalue weighted by molar-refractivity contribution is -0.135. The number of aromatic nitrogens is 1. The first-order valence-corrected chi connectivity index (χ1v) is 6.38. The second-order valence-corrected chi connectivity index (χ2v) is 4.98. The first kappa shape index (κ1) is 14.6. The summed E-state index contributed by atoms with van der Waals surface area (Å²) in [6.45, 7) is 4.81. The summed E-state index contributed by atoms with van der Waals surface area (Å²) in [7, 11) is 0. The van der Waals surface area contributed by atoms with E-state index >= 15 is 0 Å². The van der Waals surface area contributed by atoms with Gasteiger partial charge in [0, 0.05) is 25.1 Å². The monoisotopic (exact) mass is 265 g/mol. The molecule has 4 nitrogen and oxygen atoms in total. The molecule has 0 aromatic carbocycles. The van der Waals surface area contributed by atoms with Gasteiger partial charge in [0.05, 0.1) is 17.2 Å². The molecular formula is C13H19N3OS. The Hall–Kier alpha value is -1.49. The van der Waals surface area contributed by atoms with Gasteiger partial charge in [0.15, 0.2) is 0 Å². The first-order chi connectivity index (χ1) is 8.50. The van der Waals surface area contributed by atoms with Crippen molar-refractivity contribution < 1.29 is 4.79 Å². The SMILES string of the molecule is CC(C)C(=O)N(CCC(N)=S)Cc1ccccn1. The van der Waals surface area contributed by atoms with Crippen molar-refractivity contribution in [1.29, 1.82) is 0 Å². The molecular weight excluding hydrogens is 246 g/mol. The van der Waals surface area contributed by atoms with E-state index in [1.54, 1.807) is 11.1 Å². The minimum absolute atomic E-state index is 0.0416. The summed E-state index contributed by atoms with van der Waals surface area (Å²) in [4.78, 5) is 18.5. The van der Waals surface area contributed by atoms with Gasteiger partial charge in [-0.25, -0.2) is 0 Å². The standard InChI is InChI=1S/C13H19N3OS/c1-10(2)13(17)16(8-6-12(14)18)9-11-5-3-4-7-15-11/h3-5,7,10H,6,8-9H2,1-2H3,(H2,14,18). The molecule has 5 heteroatoms. The fraction of sp³-hybridized carbons (Fsp3) is 0.462. The predicted octanol–water partition coefficient (Wildman–Crippen LogP) is 1.74. The van der Waals surface area contributed by atoms with Gasteiger partial charge in [0.1, 0.15) is 0 Å². The molecule has 0 saturated carbocycles. The Bertz CT molecular complexity index is 406. The molecule has 0 saturated heterocycles. The van der Waals surface area contributed by atoms with Crippen LogP contribution in [0.5, 0.6) is 0 Å². The van der Waals surface area contributed by atoms with Crippen molar-refractivity contribution in [3.05, 3.63) is 30.1 Å². The molecule has 1 aromatic rings. The highest BCUT2D eigenvalue weighted by molar-refractivity contribution is 7.80. The fourth-order valence-corrected chi connectivity index (χ4v) is 1.66. The van der Waals surface area contributed by atoms with E-state index in [-0.39, 0.29) is 11.8 Å². The van der Waals surface area contributed by atoms with Crippen LogP contribution >= 0.6 is 12.2 Å². The molecule has 0 bridgehead atoms. The molecule has 1 amide bonds. The Kier molecular flexibility index (Phi) is 5.71. The van der Waals surface area contributed by atoms with Crippen LogP contribution in [0.4, 0.5) is 0 Å². The van der Waals surface area contributed by atoms with Crippen LogP contribution in [-0.4, -0.2) is 27.3 Å². The molecule has 98 valence electrons. The number of hydrogen-bond donors (Lipinski definition) is 1. The van der Waals surface area contributed by atoms with Crippen LogP contribution in [0, 0.1) is 5.92 Å². The van der Waals surface area contributed by atoms with Crippen molar-refractivity contribution in [2.75, 3.05) is 6.54 Å². The van der Waals surface area contributed by atoms with Gasteiger partial charge in [-0.15, -0.1) is 0 Å². The summed E-state index contributed by atoms with van der Waals surface area (Å²) in [5.41, 5.74) is 6.36. The summed E-state index contributed by atoms with van der Waals surface area (Å²) in [6.07, 6.45) is 2.27. The molecule has 18 heavy (non-hydrogen) atoms. The van der Waals surface area contributed by atoms with E-state index in [4.69, 9.17) is 18.0 Å². The number of amides is 1. The van der Waals surface area contributed by atoms with Gasteiger partial charge in [0.25, 0.3) is 0 Å². The Labute approximate surface area is 113 Å². The quantitative estimate of drug-likeness (QED) is 0.796. The van der Waals surface area contributed by atoms with Gasteiger partial charge in [0.2, 0.25) is 5.91 Å². The fourth-order valence-electron chi connectivity index (χ4n) is 1.56. The molecule has 1 rings (SSSR count).